The van der Waals surface area contributed by atoms with E-state index in [1.165, 1.54) is 18.3 Å². The van der Waals surface area contributed by atoms with Crippen molar-refractivity contribution in [2.24, 2.45) is 5.10 Å². The number of sulfonamides is 1. The van der Waals surface area contributed by atoms with Gasteiger partial charge >= 0.3 is 5.97 Å². The lowest BCUT2D eigenvalue weighted by Crippen LogP contribution is -2.18. The fourth-order valence-electron chi connectivity index (χ4n) is 2.54. The molecule has 9 heteroatoms. The van der Waals surface area contributed by atoms with Crippen LogP contribution in [0.5, 0.6) is 11.5 Å². The molecule has 3 aromatic carbocycles. The third-order valence-electron chi connectivity index (χ3n) is 4.01. The van der Waals surface area contributed by atoms with Crippen LogP contribution < -0.4 is 14.3 Å². The molecule has 0 atom stereocenters. The number of hydrogen-bond donors (Lipinski definition) is 1. The molecular weight excluding hydrogens is 484 g/mol. The second kappa shape index (κ2) is 10.2. The van der Waals surface area contributed by atoms with E-state index in [1.807, 2.05) is 6.92 Å². The number of ether oxygens (including phenoxy) is 2. The molecule has 31 heavy (non-hydrogen) atoms. The molecule has 0 amide bonds. The molecule has 0 bridgehead atoms. The minimum absolute atomic E-state index is 0.0866. The first-order valence-corrected chi connectivity index (χ1v) is 11.5. The number of carbonyl (C=O) groups is 1. The summed E-state index contributed by atoms with van der Waals surface area (Å²) in [6, 6.07) is 19.4. The van der Waals surface area contributed by atoms with E-state index < -0.39 is 16.0 Å². The minimum Gasteiger partial charge on any atom is -0.494 e. The maximum absolute atomic E-state index is 12.5. The third kappa shape index (κ3) is 6.16. The van der Waals surface area contributed by atoms with Crippen LogP contribution in [0, 0.1) is 0 Å². The lowest BCUT2D eigenvalue weighted by molar-refractivity contribution is 0.0734. The summed E-state index contributed by atoms with van der Waals surface area (Å²) in [5.41, 5.74) is 0.753. The number of hydrogen-bond acceptors (Lipinski definition) is 6. The van der Waals surface area contributed by atoms with Crippen molar-refractivity contribution in [2.75, 3.05) is 6.61 Å². The first kappa shape index (κ1) is 22.5. The monoisotopic (exact) mass is 502 g/mol. The predicted molar refractivity (Wildman–Crippen MR) is 121 cm³/mol. The summed E-state index contributed by atoms with van der Waals surface area (Å²) in [5, 5.41) is 3.81. The quantitative estimate of drug-likeness (QED) is 0.213. The van der Waals surface area contributed by atoms with E-state index in [-0.39, 0.29) is 10.6 Å². The van der Waals surface area contributed by atoms with Crippen molar-refractivity contribution >= 4 is 38.1 Å². The summed E-state index contributed by atoms with van der Waals surface area (Å²) < 4.78 is 36.1. The highest BCUT2D eigenvalue weighted by Crippen LogP contribution is 2.23. The predicted octanol–water partition coefficient (Wildman–Crippen LogP) is 4.38. The normalized spacial score (nSPS) is 11.3. The van der Waals surface area contributed by atoms with Crippen LogP contribution in [0.2, 0.25) is 0 Å². The van der Waals surface area contributed by atoms with Gasteiger partial charge < -0.3 is 9.47 Å². The minimum atomic E-state index is -3.81. The van der Waals surface area contributed by atoms with Crippen LogP contribution in [0.4, 0.5) is 0 Å². The summed E-state index contributed by atoms with van der Waals surface area (Å²) in [5.74, 6) is 0.316. The van der Waals surface area contributed by atoms with E-state index in [0.29, 0.717) is 28.0 Å². The van der Waals surface area contributed by atoms with Crippen LogP contribution in [-0.2, 0) is 10.0 Å². The van der Waals surface area contributed by atoms with Gasteiger partial charge in [0.2, 0.25) is 0 Å². The van der Waals surface area contributed by atoms with Crippen molar-refractivity contribution in [3.8, 4) is 11.5 Å². The number of carbonyl (C=O) groups excluding carboxylic acids is 1. The molecule has 0 unspecified atom stereocenters. The molecular formula is C22H19BrN2O5S. The topological polar surface area (TPSA) is 94.1 Å². The Morgan fingerprint density at radius 1 is 1.06 bits per heavy atom. The van der Waals surface area contributed by atoms with Crippen molar-refractivity contribution in [1.29, 1.82) is 0 Å². The van der Waals surface area contributed by atoms with Crippen LogP contribution in [-0.4, -0.2) is 27.2 Å². The molecule has 3 aromatic rings. The van der Waals surface area contributed by atoms with Gasteiger partial charge in [0.05, 0.1) is 23.3 Å². The first-order valence-electron chi connectivity index (χ1n) is 9.23. The highest BCUT2D eigenvalue weighted by molar-refractivity contribution is 9.10. The van der Waals surface area contributed by atoms with Crippen molar-refractivity contribution in [3.05, 3.63) is 88.4 Å². The molecule has 0 heterocycles. The number of halogens is 1. The Kier molecular flexibility index (Phi) is 7.43. The summed E-state index contributed by atoms with van der Waals surface area (Å²) >= 11 is 3.34. The average molecular weight is 503 g/mol. The molecule has 0 aliphatic heterocycles. The van der Waals surface area contributed by atoms with Gasteiger partial charge in [0, 0.05) is 10.0 Å². The molecule has 0 radical (unpaired) electrons. The lowest BCUT2D eigenvalue weighted by Gasteiger charge is -2.09. The van der Waals surface area contributed by atoms with Gasteiger partial charge in [-0.25, -0.2) is 9.63 Å². The number of rotatable bonds is 8. The van der Waals surface area contributed by atoms with Crippen LogP contribution >= 0.6 is 15.9 Å². The molecule has 1 N–H and O–H groups in total. The Hall–Kier alpha value is -3.17. The second-order valence-corrected chi connectivity index (χ2v) is 8.77. The molecule has 0 saturated carbocycles. The molecule has 160 valence electrons. The van der Waals surface area contributed by atoms with Gasteiger partial charge in [0.25, 0.3) is 10.0 Å². The van der Waals surface area contributed by atoms with E-state index in [2.05, 4.69) is 25.9 Å². The average Bonchev–Trinajstić information content (AvgIpc) is 2.77. The van der Waals surface area contributed by atoms with Crippen molar-refractivity contribution in [1.82, 2.24) is 4.83 Å². The Labute approximate surface area is 188 Å². The summed E-state index contributed by atoms with van der Waals surface area (Å²) in [4.78, 5) is 14.7. The summed E-state index contributed by atoms with van der Waals surface area (Å²) in [7, 11) is -3.81. The maximum atomic E-state index is 12.5. The molecule has 7 nitrogen and oxygen atoms in total. The Morgan fingerprint density at radius 2 is 1.77 bits per heavy atom. The molecule has 0 saturated heterocycles. The zero-order valence-electron chi connectivity index (χ0n) is 16.5. The number of benzene rings is 3. The van der Waals surface area contributed by atoms with E-state index >= 15 is 0 Å². The van der Waals surface area contributed by atoms with E-state index in [0.717, 1.165) is 0 Å². The van der Waals surface area contributed by atoms with Gasteiger partial charge in [-0.05, 0) is 61.5 Å². The molecule has 0 aliphatic carbocycles. The van der Waals surface area contributed by atoms with Crippen LogP contribution in [0.15, 0.2) is 87.3 Å². The molecule has 0 spiro atoms. The summed E-state index contributed by atoms with van der Waals surface area (Å²) in [6.45, 7) is 2.40. The Bertz CT molecular complexity index is 1180. The lowest BCUT2D eigenvalue weighted by atomic mass is 10.2. The fraction of sp³-hybridized carbons (Fsp3) is 0.0909. The van der Waals surface area contributed by atoms with Gasteiger partial charge in [-0.2, -0.15) is 13.5 Å². The number of nitrogens with zero attached hydrogens (tertiary/aromatic N) is 1. The molecule has 3 rings (SSSR count). The highest BCUT2D eigenvalue weighted by Gasteiger charge is 2.14. The van der Waals surface area contributed by atoms with Gasteiger partial charge in [0.1, 0.15) is 11.5 Å². The van der Waals surface area contributed by atoms with E-state index in [4.69, 9.17) is 9.47 Å². The smallest absolute Gasteiger partial charge is 0.343 e. The first-order chi connectivity index (χ1) is 14.9. The van der Waals surface area contributed by atoms with Gasteiger partial charge in [-0.15, -0.1) is 0 Å². The third-order valence-corrected chi connectivity index (χ3v) is 5.74. The largest absolute Gasteiger partial charge is 0.494 e. The van der Waals surface area contributed by atoms with Crippen LogP contribution in [0.1, 0.15) is 22.8 Å². The van der Waals surface area contributed by atoms with Crippen molar-refractivity contribution in [2.45, 2.75) is 11.8 Å². The van der Waals surface area contributed by atoms with Gasteiger partial charge in [-0.3, -0.25) is 0 Å². The van der Waals surface area contributed by atoms with E-state index in [1.54, 1.807) is 60.7 Å². The Morgan fingerprint density at radius 3 is 2.45 bits per heavy atom. The fourth-order valence-corrected chi connectivity index (χ4v) is 3.73. The number of nitrogens with one attached hydrogen (secondary N) is 1. The van der Waals surface area contributed by atoms with E-state index in [9.17, 15) is 13.2 Å². The van der Waals surface area contributed by atoms with Crippen LogP contribution in [0.25, 0.3) is 0 Å². The second-order valence-electron chi connectivity index (χ2n) is 6.20. The SMILES string of the molecule is CCOc1ccc(C(=O)Oc2ccc(Br)cc2/C=N/NS(=O)(=O)c2ccccc2)cc1. The highest BCUT2D eigenvalue weighted by atomic mass is 79.9. The Balaban J connectivity index is 1.76. The number of esters is 1. The molecule has 0 aromatic heterocycles. The molecule has 0 aliphatic rings. The van der Waals surface area contributed by atoms with Crippen LogP contribution in [0.3, 0.4) is 0 Å². The van der Waals surface area contributed by atoms with Gasteiger partial charge in [0.15, 0.2) is 0 Å². The summed E-state index contributed by atoms with van der Waals surface area (Å²) in [6.07, 6.45) is 1.27. The zero-order chi connectivity index (χ0) is 22.3. The molecule has 0 fully saturated rings. The van der Waals surface area contributed by atoms with Crippen molar-refractivity contribution in [3.63, 3.8) is 0 Å². The van der Waals surface area contributed by atoms with Gasteiger partial charge in [-0.1, -0.05) is 34.1 Å². The number of hydrazone groups is 1. The standard InChI is InChI=1S/C22H19BrN2O5S/c1-2-29-19-11-8-16(9-12-19)22(26)30-21-13-10-18(23)14-17(21)15-24-25-31(27,28)20-6-4-3-5-7-20/h3-15,25H,2H2,1H3/b24-15+. The zero-order valence-corrected chi connectivity index (χ0v) is 18.9. The van der Waals surface area contributed by atoms with Crippen molar-refractivity contribution < 1.29 is 22.7 Å². The maximum Gasteiger partial charge on any atom is 0.343 e.